The quantitative estimate of drug-likeness (QED) is 0.478. The molecular formula is C24H17F2NO4. The van der Waals surface area contributed by atoms with Gasteiger partial charge in [0, 0.05) is 16.8 Å². The molecule has 5 nitrogen and oxygen atoms in total. The zero-order valence-corrected chi connectivity index (χ0v) is 16.4. The van der Waals surface area contributed by atoms with Gasteiger partial charge in [0.05, 0.1) is 18.2 Å². The van der Waals surface area contributed by atoms with Gasteiger partial charge in [0.15, 0.2) is 0 Å². The van der Waals surface area contributed by atoms with Gasteiger partial charge in [0.2, 0.25) is 0 Å². The van der Waals surface area contributed by atoms with E-state index in [2.05, 4.69) is 21.9 Å². The van der Waals surface area contributed by atoms with Crippen molar-refractivity contribution in [2.45, 2.75) is 6.61 Å². The third kappa shape index (κ3) is 5.90. The van der Waals surface area contributed by atoms with E-state index >= 15 is 0 Å². The average Bonchev–Trinajstić information content (AvgIpc) is 2.77. The Morgan fingerprint density at radius 1 is 0.903 bits per heavy atom. The van der Waals surface area contributed by atoms with Gasteiger partial charge in [-0.2, -0.15) is 8.78 Å². The van der Waals surface area contributed by atoms with Gasteiger partial charge < -0.3 is 14.8 Å². The number of rotatable bonds is 5. The molecule has 0 bridgehead atoms. The van der Waals surface area contributed by atoms with Gasteiger partial charge >= 0.3 is 12.6 Å². The van der Waals surface area contributed by atoms with Crippen LogP contribution in [0.15, 0.2) is 72.8 Å². The van der Waals surface area contributed by atoms with E-state index in [9.17, 15) is 18.4 Å². The van der Waals surface area contributed by atoms with Crippen molar-refractivity contribution in [1.29, 1.82) is 0 Å². The van der Waals surface area contributed by atoms with Crippen molar-refractivity contribution in [3.8, 4) is 17.6 Å². The number of anilines is 1. The summed E-state index contributed by atoms with van der Waals surface area (Å²) in [4.78, 5) is 24.1. The lowest BCUT2D eigenvalue weighted by atomic mass is 10.1. The molecule has 1 amide bonds. The number of carbonyl (C=O) groups is 2. The van der Waals surface area contributed by atoms with Crippen LogP contribution in [0.3, 0.4) is 0 Å². The Morgan fingerprint density at radius 3 is 2.29 bits per heavy atom. The summed E-state index contributed by atoms with van der Waals surface area (Å²) < 4.78 is 34.2. The molecule has 1 N–H and O–H groups in total. The molecule has 31 heavy (non-hydrogen) atoms. The monoisotopic (exact) mass is 421 g/mol. The van der Waals surface area contributed by atoms with Crippen LogP contribution in [0.4, 0.5) is 14.5 Å². The van der Waals surface area contributed by atoms with Gasteiger partial charge in [-0.3, -0.25) is 4.79 Å². The van der Waals surface area contributed by atoms with Crippen molar-refractivity contribution in [1.82, 2.24) is 0 Å². The SMILES string of the molecule is COC(=O)c1cccc(C#Cc2cccc(NC(=O)c3ccccc3OC(F)F)c2)c1. The normalized spacial score (nSPS) is 10.1. The lowest BCUT2D eigenvalue weighted by Crippen LogP contribution is -2.15. The highest BCUT2D eigenvalue weighted by Crippen LogP contribution is 2.22. The number of para-hydroxylation sites is 1. The molecular weight excluding hydrogens is 404 g/mol. The fourth-order valence-electron chi connectivity index (χ4n) is 2.71. The van der Waals surface area contributed by atoms with Gasteiger partial charge in [-0.1, -0.05) is 36.1 Å². The lowest BCUT2D eigenvalue weighted by molar-refractivity contribution is -0.0501. The van der Waals surface area contributed by atoms with Crippen molar-refractivity contribution in [3.05, 3.63) is 95.1 Å². The van der Waals surface area contributed by atoms with Crippen molar-refractivity contribution < 1.29 is 27.8 Å². The Morgan fingerprint density at radius 2 is 1.58 bits per heavy atom. The third-order valence-electron chi connectivity index (χ3n) is 4.10. The van der Waals surface area contributed by atoms with Crippen LogP contribution in [0.1, 0.15) is 31.8 Å². The predicted octanol–water partition coefficient (Wildman–Crippen LogP) is 4.73. The van der Waals surface area contributed by atoms with Crippen LogP contribution < -0.4 is 10.1 Å². The number of hydrogen-bond donors (Lipinski definition) is 1. The summed E-state index contributed by atoms with van der Waals surface area (Å²) in [5.74, 6) is 4.65. The Labute approximate surface area is 177 Å². The fourth-order valence-corrected chi connectivity index (χ4v) is 2.71. The molecule has 0 heterocycles. The zero-order chi connectivity index (χ0) is 22.2. The first kappa shape index (κ1) is 21.5. The zero-order valence-electron chi connectivity index (χ0n) is 16.4. The second kappa shape index (κ2) is 10.0. The summed E-state index contributed by atoms with van der Waals surface area (Å²) >= 11 is 0. The van der Waals surface area contributed by atoms with E-state index in [4.69, 9.17) is 4.74 Å². The minimum absolute atomic E-state index is 0.0149. The molecule has 0 aliphatic heterocycles. The number of nitrogens with one attached hydrogen (secondary N) is 1. The molecule has 3 aromatic rings. The first-order valence-corrected chi connectivity index (χ1v) is 9.12. The number of ether oxygens (including phenoxy) is 2. The van der Waals surface area contributed by atoms with Crippen molar-refractivity contribution in [2.24, 2.45) is 0 Å². The molecule has 0 unspecified atom stereocenters. The lowest BCUT2D eigenvalue weighted by Gasteiger charge is -2.11. The molecule has 156 valence electrons. The highest BCUT2D eigenvalue weighted by molar-refractivity contribution is 6.06. The summed E-state index contributed by atoms with van der Waals surface area (Å²) in [7, 11) is 1.30. The second-order valence-electron chi connectivity index (χ2n) is 6.23. The molecule has 3 rings (SSSR count). The highest BCUT2D eigenvalue weighted by atomic mass is 19.3. The number of hydrogen-bond acceptors (Lipinski definition) is 4. The minimum atomic E-state index is -3.04. The van der Waals surface area contributed by atoms with Crippen LogP contribution in [0.2, 0.25) is 0 Å². The molecule has 0 fully saturated rings. The van der Waals surface area contributed by atoms with Crippen LogP contribution in [-0.4, -0.2) is 25.6 Å². The molecule has 0 spiro atoms. The van der Waals surface area contributed by atoms with E-state index in [0.717, 1.165) is 0 Å². The van der Waals surface area contributed by atoms with Crippen LogP contribution in [0, 0.1) is 11.8 Å². The first-order chi connectivity index (χ1) is 15.0. The van der Waals surface area contributed by atoms with E-state index in [1.165, 1.54) is 25.3 Å². The van der Waals surface area contributed by atoms with Crippen LogP contribution in [0.5, 0.6) is 5.75 Å². The topological polar surface area (TPSA) is 64.6 Å². The van der Waals surface area contributed by atoms with Crippen molar-refractivity contribution in [2.75, 3.05) is 12.4 Å². The minimum Gasteiger partial charge on any atom is -0.465 e. The Bertz CT molecular complexity index is 1170. The van der Waals surface area contributed by atoms with Crippen LogP contribution in [0.25, 0.3) is 0 Å². The summed E-state index contributed by atoms with van der Waals surface area (Å²) in [6.07, 6.45) is 0. The van der Waals surface area contributed by atoms with E-state index in [-0.39, 0.29) is 11.3 Å². The molecule has 0 aromatic heterocycles. The average molecular weight is 421 g/mol. The van der Waals surface area contributed by atoms with Gasteiger partial charge in [0.25, 0.3) is 5.91 Å². The van der Waals surface area contributed by atoms with Crippen LogP contribution in [-0.2, 0) is 4.74 Å². The Hall–Kier alpha value is -4.18. The molecule has 7 heteroatoms. The smallest absolute Gasteiger partial charge is 0.387 e. The molecule has 0 aliphatic rings. The van der Waals surface area contributed by atoms with E-state index in [1.54, 1.807) is 54.6 Å². The maximum absolute atomic E-state index is 12.6. The largest absolute Gasteiger partial charge is 0.465 e. The van der Waals surface area contributed by atoms with E-state index in [1.807, 2.05) is 0 Å². The van der Waals surface area contributed by atoms with Gasteiger partial charge in [-0.25, -0.2) is 4.79 Å². The molecule has 3 aromatic carbocycles. The van der Waals surface area contributed by atoms with E-state index < -0.39 is 18.5 Å². The second-order valence-corrected chi connectivity index (χ2v) is 6.23. The number of esters is 1. The van der Waals surface area contributed by atoms with E-state index in [0.29, 0.717) is 22.4 Å². The molecule has 0 saturated heterocycles. The number of carbonyl (C=O) groups excluding carboxylic acids is 2. The standard InChI is InChI=1S/C24H17F2NO4/c1-30-23(29)18-8-4-6-16(14-18)12-13-17-7-5-9-19(15-17)27-22(28)20-10-2-3-11-21(20)31-24(25)26/h2-11,14-15,24H,1H3,(H,27,28). The predicted molar refractivity (Wildman–Crippen MR) is 111 cm³/mol. The number of methoxy groups -OCH3 is 1. The Kier molecular flexibility index (Phi) is 6.97. The van der Waals surface area contributed by atoms with Crippen molar-refractivity contribution >= 4 is 17.6 Å². The maximum atomic E-state index is 12.6. The summed E-state index contributed by atoms with van der Waals surface area (Å²) in [5, 5.41) is 2.65. The molecule has 0 aliphatic carbocycles. The first-order valence-electron chi connectivity index (χ1n) is 9.12. The molecule has 0 saturated carbocycles. The maximum Gasteiger partial charge on any atom is 0.387 e. The van der Waals surface area contributed by atoms with Crippen molar-refractivity contribution in [3.63, 3.8) is 0 Å². The third-order valence-corrected chi connectivity index (χ3v) is 4.10. The number of halogens is 2. The summed E-state index contributed by atoms with van der Waals surface area (Å²) in [6, 6.07) is 19.2. The number of amides is 1. The molecule has 0 radical (unpaired) electrons. The van der Waals surface area contributed by atoms with Crippen LogP contribution >= 0.6 is 0 Å². The van der Waals surface area contributed by atoms with Gasteiger partial charge in [-0.05, 0) is 48.5 Å². The Balaban J connectivity index is 1.77. The van der Waals surface area contributed by atoms with Gasteiger partial charge in [-0.15, -0.1) is 0 Å². The summed E-state index contributed by atoms with van der Waals surface area (Å²) in [5.41, 5.74) is 2.04. The molecule has 0 atom stereocenters. The number of benzene rings is 3. The highest BCUT2D eigenvalue weighted by Gasteiger charge is 2.15. The fraction of sp³-hybridized carbons (Fsp3) is 0.0833. The summed E-state index contributed by atoms with van der Waals surface area (Å²) in [6.45, 7) is -3.04. The van der Waals surface area contributed by atoms with Gasteiger partial charge in [0.1, 0.15) is 5.75 Å². The number of alkyl halides is 2.